The summed E-state index contributed by atoms with van der Waals surface area (Å²) in [5.41, 5.74) is 1.05. The molecular weight excluding hydrogens is 431 g/mol. The van der Waals surface area contributed by atoms with Gasteiger partial charge in [0.15, 0.2) is 5.03 Å². The summed E-state index contributed by atoms with van der Waals surface area (Å²) >= 11 is 11.8. The number of rotatable bonds is 5. The maximum absolute atomic E-state index is 13.6. The van der Waals surface area contributed by atoms with E-state index >= 15 is 0 Å². The van der Waals surface area contributed by atoms with Gasteiger partial charge in [0.05, 0.1) is 22.2 Å². The van der Waals surface area contributed by atoms with Crippen molar-refractivity contribution in [3.8, 4) is 0 Å². The van der Waals surface area contributed by atoms with Crippen molar-refractivity contribution in [1.29, 1.82) is 0 Å². The highest BCUT2D eigenvalue weighted by atomic mass is 35.5. The van der Waals surface area contributed by atoms with Crippen molar-refractivity contribution in [1.82, 2.24) is 14.3 Å². The largest absolute Gasteiger partial charge is 0.331 e. The summed E-state index contributed by atoms with van der Waals surface area (Å²) in [5.74, 6) is -1.62. The van der Waals surface area contributed by atoms with E-state index in [1.54, 1.807) is 0 Å². The van der Waals surface area contributed by atoms with Gasteiger partial charge in [-0.3, -0.25) is 0 Å². The molecule has 28 heavy (non-hydrogen) atoms. The normalized spacial score (nSPS) is 12.1. The second-order valence-corrected chi connectivity index (χ2v) is 9.13. The molecule has 0 aliphatic carbocycles. The monoisotopic (exact) mass is 445 g/mol. The third-order valence-electron chi connectivity index (χ3n) is 4.16. The third-order valence-corrected chi connectivity index (χ3v) is 6.46. The lowest BCUT2D eigenvalue weighted by molar-refractivity contribution is 0.517. The number of hydrogen-bond acceptors (Lipinski definition) is 3. The van der Waals surface area contributed by atoms with E-state index in [-0.39, 0.29) is 20.9 Å². The molecule has 0 amide bonds. The van der Waals surface area contributed by atoms with Gasteiger partial charge in [-0.2, -0.15) is 0 Å². The van der Waals surface area contributed by atoms with Crippen molar-refractivity contribution < 1.29 is 17.2 Å². The van der Waals surface area contributed by atoms with E-state index in [1.807, 2.05) is 0 Å². The molecule has 0 radical (unpaired) electrons. The van der Waals surface area contributed by atoms with Crippen LogP contribution in [-0.2, 0) is 10.0 Å². The third kappa shape index (κ3) is 3.91. The van der Waals surface area contributed by atoms with E-state index in [4.69, 9.17) is 23.2 Å². The van der Waals surface area contributed by atoms with Crippen molar-refractivity contribution in [3.63, 3.8) is 0 Å². The average molecular weight is 446 g/mol. The second kappa shape index (κ2) is 7.79. The Morgan fingerprint density at radius 2 is 1.50 bits per heavy atom. The molecule has 0 saturated carbocycles. The van der Waals surface area contributed by atoms with E-state index < -0.39 is 27.6 Å². The van der Waals surface area contributed by atoms with Crippen molar-refractivity contribution in [2.75, 3.05) is 14.1 Å². The van der Waals surface area contributed by atoms with Gasteiger partial charge >= 0.3 is 0 Å². The lowest BCUT2D eigenvalue weighted by Gasteiger charge is -2.17. The second-order valence-electron chi connectivity index (χ2n) is 6.20. The number of hydrogen-bond donors (Lipinski definition) is 1. The summed E-state index contributed by atoms with van der Waals surface area (Å²) in [6, 6.07) is 8.17. The van der Waals surface area contributed by atoms with Crippen molar-refractivity contribution >= 4 is 33.2 Å². The van der Waals surface area contributed by atoms with Crippen LogP contribution in [0.15, 0.2) is 47.6 Å². The molecule has 3 rings (SSSR count). The van der Waals surface area contributed by atoms with Crippen molar-refractivity contribution in [3.05, 3.63) is 81.2 Å². The molecule has 1 heterocycles. The predicted octanol–water partition coefficient (Wildman–Crippen LogP) is 4.43. The number of aromatic amines is 1. The number of H-pyrrole nitrogens is 1. The van der Waals surface area contributed by atoms with E-state index in [2.05, 4.69) is 9.97 Å². The van der Waals surface area contributed by atoms with Crippen LogP contribution in [0.4, 0.5) is 8.78 Å². The average Bonchev–Trinajstić information content (AvgIpc) is 3.11. The number of nitrogens with one attached hydrogen (secondary N) is 1. The summed E-state index contributed by atoms with van der Waals surface area (Å²) in [5, 5.41) is -0.328. The fourth-order valence-electron chi connectivity index (χ4n) is 2.69. The zero-order valence-electron chi connectivity index (χ0n) is 14.7. The van der Waals surface area contributed by atoms with Gasteiger partial charge in [-0.1, -0.05) is 35.3 Å². The van der Waals surface area contributed by atoms with Gasteiger partial charge in [-0.05, 0) is 35.4 Å². The summed E-state index contributed by atoms with van der Waals surface area (Å²) in [6.07, 6.45) is 1.19. The molecule has 1 N–H and O–H groups in total. The Balaban J connectivity index is 2.18. The van der Waals surface area contributed by atoms with Crippen LogP contribution >= 0.6 is 23.2 Å². The zero-order valence-corrected chi connectivity index (χ0v) is 17.1. The molecule has 3 aromatic rings. The standard InChI is InChI=1S/C18H15Cl2F2N3O2S/c1-25(2)28(26,27)16-9-23-18(24-16)17(10-3-5-14(21)12(19)7-10)11-4-6-15(22)13(20)8-11/h3-9,17H,1-2H3,(H,23,24). The number of benzene rings is 2. The Bertz CT molecular complexity index is 1080. The molecule has 5 nitrogen and oxygen atoms in total. The van der Waals surface area contributed by atoms with Gasteiger partial charge in [0.1, 0.15) is 17.5 Å². The van der Waals surface area contributed by atoms with Crippen LogP contribution in [0, 0.1) is 11.6 Å². The van der Waals surface area contributed by atoms with E-state index in [9.17, 15) is 17.2 Å². The Labute approximate surface area is 171 Å². The van der Waals surface area contributed by atoms with Crippen LogP contribution in [-0.4, -0.2) is 36.8 Å². The lowest BCUT2D eigenvalue weighted by Crippen LogP contribution is -2.22. The minimum Gasteiger partial charge on any atom is -0.331 e. The highest BCUT2D eigenvalue weighted by Gasteiger charge is 2.26. The fraction of sp³-hybridized carbons (Fsp3) is 0.167. The first-order valence-electron chi connectivity index (χ1n) is 7.98. The molecule has 10 heteroatoms. The molecule has 0 unspecified atom stereocenters. The summed E-state index contributed by atoms with van der Waals surface area (Å²) in [4.78, 5) is 6.97. The maximum atomic E-state index is 13.6. The van der Waals surface area contributed by atoms with Crippen LogP contribution in [0.1, 0.15) is 22.9 Å². The summed E-state index contributed by atoms with van der Waals surface area (Å²) in [7, 11) is -0.949. The highest BCUT2D eigenvalue weighted by Crippen LogP contribution is 2.34. The maximum Gasteiger partial charge on any atom is 0.259 e. The van der Waals surface area contributed by atoms with Gasteiger partial charge in [-0.25, -0.2) is 26.5 Å². The number of halogens is 4. The van der Waals surface area contributed by atoms with Gasteiger partial charge < -0.3 is 4.98 Å². The topological polar surface area (TPSA) is 66.1 Å². The summed E-state index contributed by atoms with van der Waals surface area (Å²) < 4.78 is 53.0. The molecule has 0 bridgehead atoms. The zero-order chi connectivity index (χ0) is 20.6. The fourth-order valence-corrected chi connectivity index (χ4v) is 3.88. The molecule has 0 fully saturated rings. The first-order chi connectivity index (χ1) is 13.1. The Morgan fingerprint density at radius 3 is 1.93 bits per heavy atom. The van der Waals surface area contributed by atoms with Crippen LogP contribution in [0.2, 0.25) is 10.0 Å². The van der Waals surface area contributed by atoms with Crippen LogP contribution in [0.5, 0.6) is 0 Å². The molecule has 0 saturated heterocycles. The minimum atomic E-state index is -3.74. The Kier molecular flexibility index (Phi) is 5.77. The number of sulfonamides is 1. The Morgan fingerprint density at radius 1 is 1.00 bits per heavy atom. The van der Waals surface area contributed by atoms with Crippen LogP contribution in [0.25, 0.3) is 0 Å². The van der Waals surface area contributed by atoms with Crippen LogP contribution < -0.4 is 0 Å². The van der Waals surface area contributed by atoms with E-state index in [0.717, 1.165) is 4.31 Å². The molecular formula is C18H15Cl2F2N3O2S. The molecule has 0 aliphatic rings. The minimum absolute atomic E-state index is 0.108. The lowest BCUT2D eigenvalue weighted by atomic mass is 9.90. The van der Waals surface area contributed by atoms with E-state index in [1.165, 1.54) is 56.7 Å². The number of nitrogens with zero attached hydrogens (tertiary/aromatic N) is 2. The van der Waals surface area contributed by atoms with Gasteiger partial charge in [-0.15, -0.1) is 0 Å². The van der Waals surface area contributed by atoms with Crippen molar-refractivity contribution in [2.45, 2.75) is 10.9 Å². The quantitative estimate of drug-likeness (QED) is 0.631. The van der Waals surface area contributed by atoms with Crippen LogP contribution in [0.3, 0.4) is 0 Å². The first kappa shape index (κ1) is 20.7. The first-order valence-corrected chi connectivity index (χ1v) is 10.2. The van der Waals surface area contributed by atoms with Gasteiger partial charge in [0, 0.05) is 14.1 Å². The van der Waals surface area contributed by atoms with Crippen molar-refractivity contribution in [2.24, 2.45) is 0 Å². The highest BCUT2D eigenvalue weighted by molar-refractivity contribution is 7.89. The molecule has 2 aromatic carbocycles. The molecule has 0 atom stereocenters. The smallest absolute Gasteiger partial charge is 0.259 e. The Hall–Kier alpha value is -2.00. The number of aromatic nitrogens is 2. The molecule has 0 aliphatic heterocycles. The molecule has 148 valence electrons. The number of imidazole rings is 1. The van der Waals surface area contributed by atoms with Gasteiger partial charge in [0.2, 0.25) is 0 Å². The molecule has 0 spiro atoms. The van der Waals surface area contributed by atoms with Gasteiger partial charge in [0.25, 0.3) is 10.0 Å². The summed E-state index contributed by atoms with van der Waals surface area (Å²) in [6.45, 7) is 0. The van der Waals surface area contributed by atoms with E-state index in [0.29, 0.717) is 11.1 Å². The molecule has 1 aromatic heterocycles. The SMILES string of the molecule is CN(C)S(=O)(=O)c1cnc(C(c2ccc(F)c(Cl)c2)c2ccc(F)c(Cl)c2)[nH]1. The predicted molar refractivity (Wildman–Crippen MR) is 103 cm³/mol.